The SMILES string of the molecule is COC(=O)[C@H](Cc1cnc[nH]1)N(Cc1ccc(OC)cc1)C(=O)CBr. The molecule has 1 aromatic carbocycles. The van der Waals surface area contributed by atoms with Crippen molar-refractivity contribution in [3.05, 3.63) is 48.0 Å². The Labute approximate surface area is 154 Å². The zero-order valence-corrected chi connectivity index (χ0v) is 15.7. The molecule has 0 aliphatic carbocycles. The number of hydrogen-bond donors (Lipinski definition) is 1. The topological polar surface area (TPSA) is 84.5 Å². The zero-order chi connectivity index (χ0) is 18.2. The van der Waals surface area contributed by atoms with Crippen LogP contribution in [0.1, 0.15) is 11.3 Å². The monoisotopic (exact) mass is 409 g/mol. The van der Waals surface area contributed by atoms with Crippen molar-refractivity contribution in [1.82, 2.24) is 14.9 Å². The Morgan fingerprint density at radius 1 is 1.28 bits per heavy atom. The number of H-pyrrole nitrogens is 1. The molecule has 25 heavy (non-hydrogen) atoms. The Balaban J connectivity index is 2.27. The summed E-state index contributed by atoms with van der Waals surface area (Å²) in [4.78, 5) is 33.2. The van der Waals surface area contributed by atoms with Crippen molar-refractivity contribution in [2.75, 3.05) is 19.5 Å². The normalized spacial score (nSPS) is 11.6. The van der Waals surface area contributed by atoms with Gasteiger partial charge in [-0.1, -0.05) is 28.1 Å². The van der Waals surface area contributed by atoms with Crippen LogP contribution in [0, 0.1) is 0 Å². The van der Waals surface area contributed by atoms with Crippen molar-refractivity contribution in [3.63, 3.8) is 0 Å². The number of halogens is 1. The van der Waals surface area contributed by atoms with Crippen LogP contribution in [0.3, 0.4) is 0 Å². The van der Waals surface area contributed by atoms with E-state index in [9.17, 15) is 9.59 Å². The van der Waals surface area contributed by atoms with Crippen molar-refractivity contribution >= 4 is 27.8 Å². The molecule has 0 bridgehead atoms. The van der Waals surface area contributed by atoms with E-state index >= 15 is 0 Å². The number of hydrogen-bond acceptors (Lipinski definition) is 5. The number of carbonyl (C=O) groups excluding carboxylic acids is 2. The molecular formula is C17H20BrN3O4. The smallest absolute Gasteiger partial charge is 0.328 e. The number of nitrogens with zero attached hydrogens (tertiary/aromatic N) is 2. The van der Waals surface area contributed by atoms with Gasteiger partial charge in [-0.15, -0.1) is 0 Å². The molecule has 1 N–H and O–H groups in total. The Kier molecular flexibility index (Phi) is 7.00. The minimum atomic E-state index is -0.752. The van der Waals surface area contributed by atoms with E-state index in [1.165, 1.54) is 18.3 Å². The first-order valence-electron chi connectivity index (χ1n) is 7.62. The molecule has 1 heterocycles. The van der Waals surface area contributed by atoms with Crippen LogP contribution < -0.4 is 4.74 Å². The van der Waals surface area contributed by atoms with E-state index in [-0.39, 0.29) is 17.8 Å². The minimum Gasteiger partial charge on any atom is -0.497 e. The fourth-order valence-corrected chi connectivity index (χ4v) is 2.76. The number of amides is 1. The number of benzene rings is 1. The molecule has 0 unspecified atom stereocenters. The molecule has 134 valence electrons. The first kappa shape index (κ1) is 19.0. The summed E-state index contributed by atoms with van der Waals surface area (Å²) < 4.78 is 10.1. The molecule has 1 aromatic heterocycles. The van der Waals surface area contributed by atoms with Crippen LogP contribution >= 0.6 is 15.9 Å². The third kappa shape index (κ3) is 5.06. The first-order valence-corrected chi connectivity index (χ1v) is 8.74. The number of nitrogens with one attached hydrogen (secondary N) is 1. The van der Waals surface area contributed by atoms with E-state index in [4.69, 9.17) is 9.47 Å². The van der Waals surface area contributed by atoms with Gasteiger partial charge in [-0.3, -0.25) is 4.79 Å². The highest BCUT2D eigenvalue weighted by Gasteiger charge is 2.31. The number of carbonyl (C=O) groups is 2. The molecule has 0 fully saturated rings. The van der Waals surface area contributed by atoms with Gasteiger partial charge in [0.15, 0.2) is 0 Å². The number of esters is 1. The number of aromatic nitrogens is 2. The van der Waals surface area contributed by atoms with Crippen molar-refractivity contribution in [1.29, 1.82) is 0 Å². The highest BCUT2D eigenvalue weighted by atomic mass is 79.9. The van der Waals surface area contributed by atoms with E-state index < -0.39 is 12.0 Å². The lowest BCUT2D eigenvalue weighted by atomic mass is 10.1. The van der Waals surface area contributed by atoms with E-state index in [1.54, 1.807) is 13.3 Å². The number of aromatic amines is 1. The van der Waals surface area contributed by atoms with Gasteiger partial charge in [0.05, 0.1) is 25.9 Å². The maximum Gasteiger partial charge on any atom is 0.328 e. The van der Waals surface area contributed by atoms with E-state index in [0.717, 1.165) is 17.0 Å². The van der Waals surface area contributed by atoms with Gasteiger partial charge in [0, 0.05) is 24.9 Å². The van der Waals surface area contributed by atoms with Crippen LogP contribution in [0.2, 0.25) is 0 Å². The Morgan fingerprint density at radius 3 is 2.52 bits per heavy atom. The molecule has 8 heteroatoms. The van der Waals surface area contributed by atoms with Gasteiger partial charge in [-0.2, -0.15) is 0 Å². The summed E-state index contributed by atoms with van der Waals surface area (Å²) in [5, 5.41) is 0.111. The summed E-state index contributed by atoms with van der Waals surface area (Å²) in [5.74, 6) is 0.0484. The van der Waals surface area contributed by atoms with Crippen LogP contribution in [-0.4, -0.2) is 52.3 Å². The Hall–Kier alpha value is -2.35. The molecule has 7 nitrogen and oxygen atoms in total. The zero-order valence-electron chi connectivity index (χ0n) is 14.1. The van der Waals surface area contributed by atoms with Gasteiger partial charge in [0.25, 0.3) is 0 Å². The number of rotatable bonds is 8. The highest BCUT2D eigenvalue weighted by molar-refractivity contribution is 9.09. The third-order valence-corrected chi connectivity index (χ3v) is 4.24. The van der Waals surface area contributed by atoms with Gasteiger partial charge in [0.2, 0.25) is 5.91 Å². The lowest BCUT2D eigenvalue weighted by molar-refractivity contribution is -0.152. The maximum atomic E-state index is 12.5. The molecule has 0 saturated heterocycles. The van der Waals surface area contributed by atoms with Crippen molar-refractivity contribution in [2.24, 2.45) is 0 Å². The van der Waals surface area contributed by atoms with Crippen LogP contribution in [0.15, 0.2) is 36.8 Å². The van der Waals surface area contributed by atoms with Crippen molar-refractivity contribution in [2.45, 2.75) is 19.0 Å². The largest absolute Gasteiger partial charge is 0.497 e. The predicted molar refractivity (Wildman–Crippen MR) is 95.4 cm³/mol. The summed E-state index contributed by atoms with van der Waals surface area (Å²) >= 11 is 3.19. The van der Waals surface area contributed by atoms with E-state index in [2.05, 4.69) is 25.9 Å². The van der Waals surface area contributed by atoms with Crippen LogP contribution in [0.25, 0.3) is 0 Å². The average Bonchev–Trinajstić information content (AvgIpc) is 3.17. The molecule has 0 radical (unpaired) electrons. The molecule has 2 rings (SSSR count). The molecule has 1 atom stereocenters. The minimum absolute atomic E-state index is 0.111. The van der Waals surface area contributed by atoms with Gasteiger partial charge in [-0.25, -0.2) is 9.78 Å². The standard InChI is InChI=1S/C17H20BrN3O4/c1-24-14-5-3-12(4-6-14)10-21(16(22)8-18)15(17(23)25-2)7-13-9-19-11-20-13/h3-6,9,11,15H,7-8,10H2,1-2H3,(H,19,20)/t15-/m0/s1. The Morgan fingerprint density at radius 2 is 2.00 bits per heavy atom. The quantitative estimate of drug-likeness (QED) is 0.531. The van der Waals surface area contributed by atoms with E-state index in [0.29, 0.717) is 6.42 Å². The van der Waals surface area contributed by atoms with E-state index in [1.807, 2.05) is 24.3 Å². The lowest BCUT2D eigenvalue weighted by Gasteiger charge is -2.29. The van der Waals surface area contributed by atoms with Crippen LogP contribution in [0.5, 0.6) is 5.75 Å². The molecule has 0 aliphatic heterocycles. The number of imidazole rings is 1. The maximum absolute atomic E-state index is 12.5. The average molecular weight is 410 g/mol. The second kappa shape index (κ2) is 9.22. The fraction of sp³-hybridized carbons (Fsp3) is 0.353. The molecular weight excluding hydrogens is 390 g/mol. The van der Waals surface area contributed by atoms with Gasteiger partial charge >= 0.3 is 5.97 Å². The Bertz CT molecular complexity index is 688. The predicted octanol–water partition coefficient (Wildman–Crippen LogP) is 1.93. The molecule has 0 spiro atoms. The molecule has 2 aromatic rings. The summed E-state index contributed by atoms with van der Waals surface area (Å²) in [6.45, 7) is 0.280. The summed E-state index contributed by atoms with van der Waals surface area (Å²) in [5.41, 5.74) is 1.63. The summed E-state index contributed by atoms with van der Waals surface area (Å²) in [6, 6.07) is 6.59. The van der Waals surface area contributed by atoms with Crippen LogP contribution in [-0.2, 0) is 27.3 Å². The lowest BCUT2D eigenvalue weighted by Crippen LogP contribution is -2.47. The second-order valence-electron chi connectivity index (χ2n) is 5.32. The van der Waals surface area contributed by atoms with Crippen LogP contribution in [0.4, 0.5) is 0 Å². The fourth-order valence-electron chi connectivity index (χ4n) is 2.44. The summed E-state index contributed by atoms with van der Waals surface area (Å²) in [7, 11) is 2.90. The summed E-state index contributed by atoms with van der Waals surface area (Å²) in [6.07, 6.45) is 3.45. The number of methoxy groups -OCH3 is 2. The molecule has 0 saturated carbocycles. The van der Waals surface area contributed by atoms with Crippen molar-refractivity contribution < 1.29 is 19.1 Å². The molecule has 1 amide bonds. The number of ether oxygens (including phenoxy) is 2. The van der Waals surface area contributed by atoms with Gasteiger partial charge in [0.1, 0.15) is 11.8 Å². The molecule has 0 aliphatic rings. The highest BCUT2D eigenvalue weighted by Crippen LogP contribution is 2.17. The second-order valence-corrected chi connectivity index (χ2v) is 5.88. The van der Waals surface area contributed by atoms with Gasteiger partial charge < -0.3 is 19.4 Å². The van der Waals surface area contributed by atoms with Crippen molar-refractivity contribution in [3.8, 4) is 5.75 Å². The number of alkyl halides is 1. The first-order chi connectivity index (χ1) is 12.1. The third-order valence-electron chi connectivity index (χ3n) is 3.76. The van der Waals surface area contributed by atoms with Gasteiger partial charge in [-0.05, 0) is 17.7 Å².